The third-order valence-electron chi connectivity index (χ3n) is 1.96. The zero-order chi connectivity index (χ0) is 7.23. The van der Waals surface area contributed by atoms with Gasteiger partial charge in [-0.3, -0.25) is 0 Å². The highest BCUT2D eigenvalue weighted by Gasteiger charge is 2.13. The van der Waals surface area contributed by atoms with Crippen molar-refractivity contribution in [2.24, 2.45) is 5.92 Å². The van der Waals surface area contributed by atoms with Crippen molar-refractivity contribution < 1.29 is 0 Å². The normalized spacial score (nSPS) is 19.7. The number of allylic oxidation sites excluding steroid dienone is 2. The molecule has 1 saturated heterocycles. The summed E-state index contributed by atoms with van der Waals surface area (Å²) >= 11 is 0. The van der Waals surface area contributed by atoms with E-state index in [1.165, 1.54) is 32.4 Å². The molecule has 1 aliphatic rings. The van der Waals surface area contributed by atoms with E-state index in [0.29, 0.717) is 0 Å². The summed E-state index contributed by atoms with van der Waals surface area (Å²) in [6, 6.07) is 0. The quantitative estimate of drug-likeness (QED) is 0.587. The molecule has 1 fully saturated rings. The van der Waals surface area contributed by atoms with Crippen LogP contribution in [0.3, 0.4) is 0 Å². The first-order valence-electron chi connectivity index (χ1n) is 4.29. The van der Waals surface area contributed by atoms with Crippen LogP contribution in [0.2, 0.25) is 0 Å². The van der Waals surface area contributed by atoms with Crippen LogP contribution in [-0.2, 0) is 0 Å². The van der Waals surface area contributed by atoms with Crippen LogP contribution >= 0.6 is 0 Å². The zero-order valence-corrected chi connectivity index (χ0v) is 6.77. The fraction of sp³-hybridized carbons (Fsp3) is 0.778. The summed E-state index contributed by atoms with van der Waals surface area (Å²) in [6.07, 6.45) is 8.44. The number of nitrogens with one attached hydrogen (secondary N) is 1. The van der Waals surface area contributed by atoms with E-state index in [4.69, 9.17) is 0 Å². The van der Waals surface area contributed by atoms with Gasteiger partial charge in [0.25, 0.3) is 0 Å². The van der Waals surface area contributed by atoms with E-state index in [1.54, 1.807) is 0 Å². The monoisotopic (exact) mass is 139 g/mol. The lowest BCUT2D eigenvalue weighted by Crippen LogP contribution is -2.41. The summed E-state index contributed by atoms with van der Waals surface area (Å²) in [5, 5.41) is 3.27. The Kier molecular flexibility index (Phi) is 3.52. The Balaban J connectivity index is 1.92. The standard InChI is InChI=1S/C9H17N/c1-2-3-4-5-6-9-7-10-8-9/h4-5,9-10H,2-3,6-8H2,1H3/b5-4+. The molecule has 1 heteroatoms. The Morgan fingerprint density at radius 2 is 2.20 bits per heavy atom. The van der Waals surface area contributed by atoms with Gasteiger partial charge in [0, 0.05) is 0 Å². The highest BCUT2D eigenvalue weighted by Crippen LogP contribution is 2.08. The molecule has 10 heavy (non-hydrogen) atoms. The topological polar surface area (TPSA) is 12.0 Å². The maximum Gasteiger partial charge on any atom is -0.000528 e. The van der Waals surface area contributed by atoms with Crippen molar-refractivity contribution in [2.45, 2.75) is 26.2 Å². The lowest BCUT2D eigenvalue weighted by atomic mass is 9.99. The molecular formula is C9H17N. The second kappa shape index (κ2) is 4.51. The Hall–Kier alpha value is -0.300. The SMILES string of the molecule is CCC/C=C/CC1CNC1. The summed E-state index contributed by atoms with van der Waals surface area (Å²) in [5.74, 6) is 0.938. The summed E-state index contributed by atoms with van der Waals surface area (Å²) in [5.41, 5.74) is 0. The minimum absolute atomic E-state index is 0.938. The van der Waals surface area contributed by atoms with Gasteiger partial charge < -0.3 is 5.32 Å². The van der Waals surface area contributed by atoms with E-state index in [1.807, 2.05) is 0 Å². The van der Waals surface area contributed by atoms with Gasteiger partial charge in [-0.15, -0.1) is 0 Å². The predicted octanol–water partition coefficient (Wildman–Crippen LogP) is 1.95. The van der Waals surface area contributed by atoms with Gasteiger partial charge in [-0.05, 0) is 31.8 Å². The molecular weight excluding hydrogens is 122 g/mol. The van der Waals surface area contributed by atoms with Crippen LogP contribution in [0, 0.1) is 5.92 Å². The van der Waals surface area contributed by atoms with Crippen LogP contribution in [0.1, 0.15) is 26.2 Å². The molecule has 0 spiro atoms. The molecule has 0 aliphatic carbocycles. The number of hydrogen-bond donors (Lipinski definition) is 1. The van der Waals surface area contributed by atoms with E-state index >= 15 is 0 Å². The number of hydrogen-bond acceptors (Lipinski definition) is 1. The van der Waals surface area contributed by atoms with Crippen molar-refractivity contribution in [3.8, 4) is 0 Å². The largest absolute Gasteiger partial charge is 0.316 e. The Bertz CT molecular complexity index is 103. The lowest BCUT2D eigenvalue weighted by molar-refractivity contribution is 0.351. The molecule has 0 aromatic heterocycles. The molecule has 0 saturated carbocycles. The molecule has 0 aromatic rings. The summed E-state index contributed by atoms with van der Waals surface area (Å²) < 4.78 is 0. The smallest absolute Gasteiger partial charge is 0.000528 e. The van der Waals surface area contributed by atoms with Crippen molar-refractivity contribution in [3.63, 3.8) is 0 Å². The van der Waals surface area contributed by atoms with Gasteiger partial charge in [0.1, 0.15) is 0 Å². The highest BCUT2D eigenvalue weighted by atomic mass is 14.9. The summed E-state index contributed by atoms with van der Waals surface area (Å²) in [6.45, 7) is 4.68. The van der Waals surface area contributed by atoms with Crippen LogP contribution in [0.4, 0.5) is 0 Å². The molecule has 1 aliphatic heterocycles. The molecule has 0 unspecified atom stereocenters. The van der Waals surface area contributed by atoms with Crippen molar-refractivity contribution in [2.75, 3.05) is 13.1 Å². The lowest BCUT2D eigenvalue weighted by Gasteiger charge is -2.25. The average Bonchev–Trinajstić information content (AvgIpc) is 1.84. The van der Waals surface area contributed by atoms with Crippen molar-refractivity contribution in [3.05, 3.63) is 12.2 Å². The van der Waals surface area contributed by atoms with Gasteiger partial charge in [-0.25, -0.2) is 0 Å². The molecule has 0 aromatic carbocycles. The third kappa shape index (κ3) is 2.53. The minimum Gasteiger partial charge on any atom is -0.316 e. The van der Waals surface area contributed by atoms with Crippen molar-refractivity contribution >= 4 is 0 Å². The molecule has 0 radical (unpaired) electrons. The van der Waals surface area contributed by atoms with Gasteiger partial charge in [0.2, 0.25) is 0 Å². The van der Waals surface area contributed by atoms with E-state index in [-0.39, 0.29) is 0 Å². The van der Waals surface area contributed by atoms with E-state index in [9.17, 15) is 0 Å². The fourth-order valence-corrected chi connectivity index (χ4v) is 1.09. The van der Waals surface area contributed by atoms with Crippen LogP contribution in [0.15, 0.2) is 12.2 Å². The van der Waals surface area contributed by atoms with Gasteiger partial charge in [0.15, 0.2) is 0 Å². The molecule has 1 rings (SSSR count). The molecule has 1 nitrogen and oxygen atoms in total. The first-order chi connectivity index (χ1) is 4.93. The number of rotatable bonds is 4. The predicted molar refractivity (Wildman–Crippen MR) is 45.0 cm³/mol. The van der Waals surface area contributed by atoms with Crippen LogP contribution in [0.25, 0.3) is 0 Å². The minimum atomic E-state index is 0.938. The fourth-order valence-electron chi connectivity index (χ4n) is 1.09. The molecule has 1 heterocycles. The van der Waals surface area contributed by atoms with Crippen LogP contribution in [-0.4, -0.2) is 13.1 Å². The van der Waals surface area contributed by atoms with E-state index in [2.05, 4.69) is 24.4 Å². The maximum absolute atomic E-state index is 3.27. The molecule has 0 amide bonds. The van der Waals surface area contributed by atoms with Gasteiger partial charge in [0.05, 0.1) is 0 Å². The third-order valence-corrected chi connectivity index (χ3v) is 1.96. The molecule has 0 atom stereocenters. The second-order valence-electron chi connectivity index (χ2n) is 3.02. The summed E-state index contributed by atoms with van der Waals surface area (Å²) in [7, 11) is 0. The molecule has 58 valence electrons. The highest BCUT2D eigenvalue weighted by molar-refractivity contribution is 4.87. The molecule has 0 bridgehead atoms. The average molecular weight is 139 g/mol. The van der Waals surface area contributed by atoms with Crippen molar-refractivity contribution in [1.29, 1.82) is 0 Å². The Labute approximate surface area is 63.5 Å². The summed E-state index contributed by atoms with van der Waals surface area (Å²) in [4.78, 5) is 0. The second-order valence-corrected chi connectivity index (χ2v) is 3.02. The van der Waals surface area contributed by atoms with E-state index < -0.39 is 0 Å². The van der Waals surface area contributed by atoms with Gasteiger partial charge >= 0.3 is 0 Å². The zero-order valence-electron chi connectivity index (χ0n) is 6.77. The van der Waals surface area contributed by atoms with Crippen LogP contribution < -0.4 is 5.32 Å². The first-order valence-corrected chi connectivity index (χ1v) is 4.29. The van der Waals surface area contributed by atoms with Gasteiger partial charge in [-0.1, -0.05) is 25.5 Å². The van der Waals surface area contributed by atoms with E-state index in [0.717, 1.165) is 5.92 Å². The molecule has 1 N–H and O–H groups in total. The Morgan fingerprint density at radius 1 is 1.40 bits per heavy atom. The number of unbranched alkanes of at least 4 members (excludes halogenated alkanes) is 1. The Morgan fingerprint density at radius 3 is 2.70 bits per heavy atom. The maximum atomic E-state index is 3.27. The van der Waals surface area contributed by atoms with Crippen LogP contribution in [0.5, 0.6) is 0 Å². The first kappa shape index (κ1) is 7.80. The van der Waals surface area contributed by atoms with Gasteiger partial charge in [-0.2, -0.15) is 0 Å². The van der Waals surface area contributed by atoms with Crippen molar-refractivity contribution in [1.82, 2.24) is 5.32 Å².